The van der Waals surface area contributed by atoms with E-state index in [4.69, 9.17) is 16.0 Å². The topological polar surface area (TPSA) is 30.2 Å². The third kappa shape index (κ3) is 1.88. The van der Waals surface area contributed by atoms with E-state index >= 15 is 0 Å². The summed E-state index contributed by atoms with van der Waals surface area (Å²) in [4.78, 5) is 12.0. The van der Waals surface area contributed by atoms with Gasteiger partial charge in [-0.1, -0.05) is 11.6 Å². The van der Waals surface area contributed by atoms with Crippen LogP contribution in [0, 0.1) is 0 Å². The summed E-state index contributed by atoms with van der Waals surface area (Å²) in [6.07, 6.45) is 0. The maximum absolute atomic E-state index is 12.0. The van der Waals surface area contributed by atoms with Crippen LogP contribution in [0.5, 0.6) is 0 Å². The Kier molecular flexibility index (Phi) is 2.50. The van der Waals surface area contributed by atoms with Crippen molar-refractivity contribution in [2.45, 2.75) is 0 Å². The van der Waals surface area contributed by atoms with Crippen LogP contribution in [-0.2, 0) is 0 Å². The fraction of sp³-hybridized carbons (Fsp3) is 0. The Morgan fingerprint density at radius 2 is 2.12 bits per heavy atom. The predicted molar refractivity (Wildman–Crippen MR) is 69.0 cm³/mol. The summed E-state index contributed by atoms with van der Waals surface area (Å²) < 4.78 is 5.51. The van der Waals surface area contributed by atoms with Crippen LogP contribution in [0.1, 0.15) is 16.1 Å². The zero-order valence-corrected chi connectivity index (χ0v) is 10.2. The predicted octanol–water partition coefficient (Wildman–Crippen LogP) is 4.38. The molecule has 0 bridgehead atoms. The van der Waals surface area contributed by atoms with Gasteiger partial charge in [0.1, 0.15) is 5.58 Å². The van der Waals surface area contributed by atoms with Crippen molar-refractivity contribution in [3.63, 3.8) is 0 Å². The highest BCUT2D eigenvalue weighted by Crippen LogP contribution is 2.24. The smallest absolute Gasteiger partial charge is 0.229 e. The van der Waals surface area contributed by atoms with Crippen LogP contribution >= 0.6 is 22.9 Å². The van der Waals surface area contributed by atoms with E-state index in [1.807, 2.05) is 10.8 Å². The SMILES string of the molecule is O=C(c1ccsc1)c1cc2cc(Cl)ccc2o1. The van der Waals surface area contributed by atoms with Crippen molar-refractivity contribution >= 4 is 39.7 Å². The summed E-state index contributed by atoms with van der Waals surface area (Å²) in [5, 5.41) is 5.15. The standard InChI is InChI=1S/C13H7ClO2S/c14-10-1-2-11-9(5-10)6-12(16-11)13(15)8-3-4-17-7-8/h1-7H. The van der Waals surface area contributed by atoms with Gasteiger partial charge in [0.2, 0.25) is 5.78 Å². The fourth-order valence-electron chi connectivity index (χ4n) is 1.66. The molecule has 2 heterocycles. The molecule has 0 atom stereocenters. The van der Waals surface area contributed by atoms with Crippen molar-refractivity contribution in [2.75, 3.05) is 0 Å². The second kappa shape index (κ2) is 4.02. The second-order valence-electron chi connectivity index (χ2n) is 3.63. The zero-order valence-electron chi connectivity index (χ0n) is 8.64. The molecule has 3 aromatic rings. The molecule has 4 heteroatoms. The molecule has 17 heavy (non-hydrogen) atoms. The molecule has 0 aliphatic rings. The number of fused-ring (bicyclic) bond motifs is 1. The van der Waals surface area contributed by atoms with Crippen molar-refractivity contribution < 1.29 is 9.21 Å². The third-order valence-corrected chi connectivity index (χ3v) is 3.40. The summed E-state index contributed by atoms with van der Waals surface area (Å²) in [7, 11) is 0. The molecule has 0 radical (unpaired) electrons. The average molecular weight is 263 g/mol. The lowest BCUT2D eigenvalue weighted by atomic mass is 10.1. The Hall–Kier alpha value is -1.58. The number of ketones is 1. The minimum atomic E-state index is -0.0985. The average Bonchev–Trinajstić information content (AvgIpc) is 2.96. The largest absolute Gasteiger partial charge is 0.453 e. The fourth-order valence-corrected chi connectivity index (χ4v) is 2.48. The van der Waals surface area contributed by atoms with E-state index in [0.29, 0.717) is 21.9 Å². The van der Waals surface area contributed by atoms with Crippen molar-refractivity contribution in [3.8, 4) is 0 Å². The lowest BCUT2D eigenvalue weighted by Gasteiger charge is -1.90. The monoisotopic (exact) mass is 262 g/mol. The molecule has 0 unspecified atom stereocenters. The Bertz CT molecular complexity index is 683. The molecule has 2 nitrogen and oxygen atoms in total. The minimum Gasteiger partial charge on any atom is -0.453 e. The molecule has 84 valence electrons. The molecule has 2 aromatic heterocycles. The first-order chi connectivity index (χ1) is 8.24. The van der Waals surface area contributed by atoms with Crippen LogP contribution < -0.4 is 0 Å². The second-order valence-corrected chi connectivity index (χ2v) is 4.85. The zero-order chi connectivity index (χ0) is 11.8. The molecule has 0 saturated carbocycles. The van der Waals surface area contributed by atoms with Gasteiger partial charge < -0.3 is 4.42 Å². The number of hydrogen-bond donors (Lipinski definition) is 0. The van der Waals surface area contributed by atoms with Crippen LogP contribution in [0.15, 0.2) is 45.5 Å². The molecule has 0 aliphatic carbocycles. The van der Waals surface area contributed by atoms with Gasteiger partial charge in [-0.15, -0.1) is 0 Å². The molecule has 0 N–H and O–H groups in total. The summed E-state index contributed by atoms with van der Waals surface area (Å²) in [6, 6.07) is 8.80. The van der Waals surface area contributed by atoms with Crippen molar-refractivity contribution in [1.82, 2.24) is 0 Å². The highest BCUT2D eigenvalue weighted by molar-refractivity contribution is 7.08. The quantitative estimate of drug-likeness (QED) is 0.642. The van der Waals surface area contributed by atoms with Crippen molar-refractivity contribution in [2.24, 2.45) is 0 Å². The van der Waals surface area contributed by atoms with E-state index in [-0.39, 0.29) is 5.78 Å². The number of furan rings is 1. The maximum atomic E-state index is 12.0. The lowest BCUT2D eigenvalue weighted by molar-refractivity contribution is 0.101. The molecule has 3 rings (SSSR count). The van der Waals surface area contributed by atoms with Gasteiger partial charge in [-0.3, -0.25) is 4.79 Å². The number of hydrogen-bond acceptors (Lipinski definition) is 3. The summed E-state index contributed by atoms with van der Waals surface area (Å²) in [6.45, 7) is 0. The van der Waals surface area contributed by atoms with Gasteiger partial charge in [-0.05, 0) is 35.7 Å². The molecular formula is C13H7ClO2S. The number of halogens is 1. The highest BCUT2D eigenvalue weighted by atomic mass is 35.5. The van der Waals surface area contributed by atoms with Crippen LogP contribution in [0.4, 0.5) is 0 Å². The number of thiophene rings is 1. The van der Waals surface area contributed by atoms with E-state index in [2.05, 4.69) is 0 Å². The first-order valence-electron chi connectivity index (χ1n) is 5.00. The van der Waals surface area contributed by atoms with E-state index in [9.17, 15) is 4.79 Å². The lowest BCUT2D eigenvalue weighted by Crippen LogP contribution is -1.96. The van der Waals surface area contributed by atoms with Gasteiger partial charge in [0.05, 0.1) is 0 Å². The van der Waals surface area contributed by atoms with Gasteiger partial charge >= 0.3 is 0 Å². The van der Waals surface area contributed by atoms with Gasteiger partial charge in [-0.25, -0.2) is 0 Å². The van der Waals surface area contributed by atoms with Gasteiger partial charge in [-0.2, -0.15) is 11.3 Å². The molecule has 0 spiro atoms. The Balaban J connectivity index is 2.09. The molecule has 0 amide bonds. The van der Waals surface area contributed by atoms with Gasteiger partial charge in [0.15, 0.2) is 5.76 Å². The number of carbonyl (C=O) groups is 1. The molecule has 0 saturated heterocycles. The van der Waals surface area contributed by atoms with Crippen molar-refractivity contribution in [1.29, 1.82) is 0 Å². The summed E-state index contributed by atoms with van der Waals surface area (Å²) in [5.74, 6) is 0.249. The first-order valence-corrected chi connectivity index (χ1v) is 6.32. The van der Waals surface area contributed by atoms with E-state index < -0.39 is 0 Å². The Labute approximate surface area is 106 Å². The molecular weight excluding hydrogens is 256 g/mol. The van der Waals surface area contributed by atoms with Crippen LogP contribution in [0.2, 0.25) is 5.02 Å². The van der Waals surface area contributed by atoms with Crippen LogP contribution in [-0.4, -0.2) is 5.78 Å². The molecule has 0 fully saturated rings. The first kappa shape index (κ1) is 10.6. The Morgan fingerprint density at radius 1 is 1.24 bits per heavy atom. The third-order valence-electron chi connectivity index (χ3n) is 2.49. The van der Waals surface area contributed by atoms with E-state index in [1.165, 1.54) is 11.3 Å². The molecule has 1 aromatic carbocycles. The normalized spacial score (nSPS) is 10.9. The van der Waals surface area contributed by atoms with E-state index in [0.717, 1.165) is 5.39 Å². The Morgan fingerprint density at radius 3 is 2.88 bits per heavy atom. The molecule has 0 aliphatic heterocycles. The number of carbonyl (C=O) groups excluding carboxylic acids is 1. The maximum Gasteiger partial charge on any atom is 0.229 e. The minimum absolute atomic E-state index is 0.0985. The summed E-state index contributed by atoms with van der Waals surface area (Å²) >= 11 is 7.37. The van der Waals surface area contributed by atoms with E-state index in [1.54, 1.807) is 30.3 Å². The van der Waals surface area contributed by atoms with Gasteiger partial charge in [0, 0.05) is 21.4 Å². The van der Waals surface area contributed by atoms with Crippen LogP contribution in [0.3, 0.4) is 0 Å². The highest BCUT2D eigenvalue weighted by Gasteiger charge is 2.14. The summed E-state index contributed by atoms with van der Waals surface area (Å²) in [5.41, 5.74) is 1.33. The van der Waals surface area contributed by atoms with Crippen molar-refractivity contribution in [3.05, 3.63) is 57.4 Å². The number of rotatable bonds is 2. The van der Waals surface area contributed by atoms with Crippen LogP contribution in [0.25, 0.3) is 11.0 Å². The number of benzene rings is 1. The van der Waals surface area contributed by atoms with Gasteiger partial charge in [0.25, 0.3) is 0 Å².